The molecule has 2 heterocycles. The van der Waals surface area contributed by atoms with E-state index < -0.39 is 0 Å². The molecule has 118 valence electrons. The number of fused-ring (bicyclic) bond motifs is 3. The van der Waals surface area contributed by atoms with Crippen molar-refractivity contribution in [3.8, 4) is 11.1 Å². The van der Waals surface area contributed by atoms with Gasteiger partial charge in [-0.05, 0) is 30.7 Å². The Morgan fingerprint density at radius 2 is 1.79 bits per heavy atom. The molecule has 0 amide bonds. The molecule has 4 nitrogen and oxygen atoms in total. The molecular weight excluding hydrogens is 300 g/mol. The molecule has 0 aliphatic heterocycles. The van der Waals surface area contributed by atoms with Crippen LogP contribution in [0.25, 0.3) is 27.8 Å². The molecule has 0 aliphatic rings. The SMILES string of the molecule is CCOC(=O)c1ccn2c(nc3ccccc32)c1-c1ccccc1. The lowest BCUT2D eigenvalue weighted by Gasteiger charge is -2.11. The number of carbonyl (C=O) groups excluding carboxylic acids is 1. The molecule has 0 N–H and O–H groups in total. The Morgan fingerprint density at radius 1 is 1.04 bits per heavy atom. The van der Waals surface area contributed by atoms with Crippen molar-refractivity contribution in [2.75, 3.05) is 6.61 Å². The van der Waals surface area contributed by atoms with Gasteiger partial charge in [0.25, 0.3) is 0 Å². The molecule has 0 fully saturated rings. The third kappa shape index (κ3) is 2.24. The molecule has 0 aliphatic carbocycles. The number of hydrogen-bond donors (Lipinski definition) is 0. The number of aromatic nitrogens is 2. The van der Waals surface area contributed by atoms with Crippen molar-refractivity contribution in [3.05, 3.63) is 72.4 Å². The van der Waals surface area contributed by atoms with Crippen LogP contribution in [-0.2, 0) is 4.74 Å². The van der Waals surface area contributed by atoms with Gasteiger partial charge in [-0.15, -0.1) is 0 Å². The normalized spacial score (nSPS) is 11.0. The molecule has 0 saturated carbocycles. The van der Waals surface area contributed by atoms with Crippen LogP contribution < -0.4 is 0 Å². The summed E-state index contributed by atoms with van der Waals surface area (Å²) in [5.41, 5.74) is 4.95. The highest BCUT2D eigenvalue weighted by Crippen LogP contribution is 2.31. The predicted octanol–water partition coefficient (Wildman–Crippen LogP) is 4.33. The second-order valence-corrected chi connectivity index (χ2v) is 5.49. The van der Waals surface area contributed by atoms with E-state index in [1.165, 1.54) is 0 Å². The van der Waals surface area contributed by atoms with Crippen molar-refractivity contribution in [1.82, 2.24) is 9.38 Å². The number of nitrogens with zero attached hydrogens (tertiary/aromatic N) is 2. The number of ether oxygens (including phenoxy) is 1. The zero-order chi connectivity index (χ0) is 16.5. The molecule has 0 saturated heterocycles. The minimum Gasteiger partial charge on any atom is -0.462 e. The van der Waals surface area contributed by atoms with Crippen LogP contribution in [0.2, 0.25) is 0 Å². The van der Waals surface area contributed by atoms with Gasteiger partial charge in [-0.3, -0.25) is 4.40 Å². The molecular formula is C20H16N2O2. The Balaban J connectivity index is 2.09. The highest BCUT2D eigenvalue weighted by Gasteiger charge is 2.19. The second kappa shape index (κ2) is 5.81. The van der Waals surface area contributed by atoms with E-state index in [1.54, 1.807) is 6.07 Å². The van der Waals surface area contributed by atoms with Gasteiger partial charge < -0.3 is 4.74 Å². The number of esters is 1. The molecule has 2 aromatic heterocycles. The van der Waals surface area contributed by atoms with Crippen molar-refractivity contribution < 1.29 is 9.53 Å². The molecule has 0 spiro atoms. The highest BCUT2D eigenvalue weighted by atomic mass is 16.5. The summed E-state index contributed by atoms with van der Waals surface area (Å²) < 4.78 is 7.25. The summed E-state index contributed by atoms with van der Waals surface area (Å²) >= 11 is 0. The Labute approximate surface area is 139 Å². The monoisotopic (exact) mass is 316 g/mol. The standard InChI is InChI=1S/C20H16N2O2/c1-2-24-20(23)15-12-13-22-17-11-7-6-10-16(17)21-19(22)18(15)14-8-4-3-5-9-14/h3-13H,2H2,1H3. The molecule has 0 unspecified atom stereocenters. The average molecular weight is 316 g/mol. The fourth-order valence-electron chi connectivity index (χ4n) is 2.99. The van der Waals surface area contributed by atoms with E-state index in [-0.39, 0.29) is 5.97 Å². The Morgan fingerprint density at radius 3 is 2.58 bits per heavy atom. The van der Waals surface area contributed by atoms with Gasteiger partial charge in [-0.25, -0.2) is 9.78 Å². The molecule has 4 aromatic rings. The first kappa shape index (κ1) is 14.5. The third-order valence-corrected chi connectivity index (χ3v) is 4.04. The van der Waals surface area contributed by atoms with Crippen LogP contribution in [-0.4, -0.2) is 22.0 Å². The molecule has 4 heteroatoms. The van der Waals surface area contributed by atoms with Gasteiger partial charge in [-0.1, -0.05) is 42.5 Å². The van der Waals surface area contributed by atoms with Crippen LogP contribution in [0.4, 0.5) is 0 Å². The van der Waals surface area contributed by atoms with Crippen molar-refractivity contribution in [1.29, 1.82) is 0 Å². The van der Waals surface area contributed by atoms with E-state index in [4.69, 9.17) is 9.72 Å². The van der Waals surface area contributed by atoms with Gasteiger partial charge in [0.2, 0.25) is 0 Å². The summed E-state index contributed by atoms with van der Waals surface area (Å²) in [7, 11) is 0. The van der Waals surface area contributed by atoms with Gasteiger partial charge in [-0.2, -0.15) is 0 Å². The lowest BCUT2D eigenvalue weighted by Crippen LogP contribution is -2.08. The van der Waals surface area contributed by atoms with Crippen LogP contribution in [0.1, 0.15) is 17.3 Å². The van der Waals surface area contributed by atoms with E-state index in [2.05, 4.69) is 0 Å². The lowest BCUT2D eigenvalue weighted by molar-refractivity contribution is 0.0527. The number of para-hydroxylation sites is 2. The van der Waals surface area contributed by atoms with E-state index in [1.807, 2.05) is 72.1 Å². The molecule has 0 bridgehead atoms. The molecule has 24 heavy (non-hydrogen) atoms. The summed E-state index contributed by atoms with van der Waals surface area (Å²) in [6, 6.07) is 19.6. The minimum atomic E-state index is -0.328. The second-order valence-electron chi connectivity index (χ2n) is 5.49. The summed E-state index contributed by atoms with van der Waals surface area (Å²) in [4.78, 5) is 17.2. The van der Waals surface area contributed by atoms with Gasteiger partial charge in [0.05, 0.1) is 23.2 Å². The smallest absolute Gasteiger partial charge is 0.338 e. The van der Waals surface area contributed by atoms with E-state index >= 15 is 0 Å². The zero-order valence-corrected chi connectivity index (χ0v) is 13.3. The topological polar surface area (TPSA) is 43.6 Å². The Bertz CT molecular complexity index is 1040. The minimum absolute atomic E-state index is 0.328. The Hall–Kier alpha value is -3.14. The number of hydrogen-bond acceptors (Lipinski definition) is 3. The van der Waals surface area contributed by atoms with Crippen LogP contribution >= 0.6 is 0 Å². The van der Waals surface area contributed by atoms with Gasteiger partial charge in [0.1, 0.15) is 5.65 Å². The zero-order valence-electron chi connectivity index (χ0n) is 13.3. The van der Waals surface area contributed by atoms with Crippen LogP contribution in [0, 0.1) is 0 Å². The summed E-state index contributed by atoms with van der Waals surface area (Å²) in [6.07, 6.45) is 1.88. The van der Waals surface area contributed by atoms with Gasteiger partial charge in [0, 0.05) is 11.8 Å². The maximum absolute atomic E-state index is 12.4. The number of benzene rings is 2. The highest BCUT2D eigenvalue weighted by molar-refractivity contribution is 6.02. The van der Waals surface area contributed by atoms with Crippen molar-refractivity contribution in [3.63, 3.8) is 0 Å². The number of rotatable bonds is 3. The van der Waals surface area contributed by atoms with Crippen LogP contribution in [0.3, 0.4) is 0 Å². The van der Waals surface area contributed by atoms with Crippen molar-refractivity contribution in [2.24, 2.45) is 0 Å². The van der Waals surface area contributed by atoms with Crippen molar-refractivity contribution in [2.45, 2.75) is 6.92 Å². The number of carbonyl (C=O) groups is 1. The quantitative estimate of drug-likeness (QED) is 0.528. The van der Waals surface area contributed by atoms with Gasteiger partial charge >= 0.3 is 5.97 Å². The molecule has 2 aromatic carbocycles. The summed E-state index contributed by atoms with van der Waals surface area (Å²) in [6.45, 7) is 2.15. The summed E-state index contributed by atoms with van der Waals surface area (Å²) in [5.74, 6) is -0.328. The fraction of sp³-hybridized carbons (Fsp3) is 0.100. The largest absolute Gasteiger partial charge is 0.462 e. The maximum atomic E-state index is 12.4. The molecule has 4 rings (SSSR count). The van der Waals surface area contributed by atoms with Crippen molar-refractivity contribution >= 4 is 22.6 Å². The first-order chi connectivity index (χ1) is 11.8. The van der Waals surface area contributed by atoms with Crippen LogP contribution in [0.15, 0.2) is 66.9 Å². The van der Waals surface area contributed by atoms with Crippen LogP contribution in [0.5, 0.6) is 0 Å². The van der Waals surface area contributed by atoms with E-state index in [0.717, 1.165) is 27.8 Å². The maximum Gasteiger partial charge on any atom is 0.338 e. The average Bonchev–Trinajstić information content (AvgIpc) is 3.00. The fourth-order valence-corrected chi connectivity index (χ4v) is 2.99. The Kier molecular flexibility index (Phi) is 3.50. The third-order valence-electron chi connectivity index (χ3n) is 4.04. The summed E-state index contributed by atoms with van der Waals surface area (Å²) in [5, 5.41) is 0. The number of pyridine rings is 1. The van der Waals surface area contributed by atoms with E-state index in [0.29, 0.717) is 12.2 Å². The predicted molar refractivity (Wildman–Crippen MR) is 94.1 cm³/mol. The molecule has 0 atom stereocenters. The first-order valence-corrected chi connectivity index (χ1v) is 7.92. The molecule has 0 radical (unpaired) electrons. The number of imidazole rings is 1. The van der Waals surface area contributed by atoms with Gasteiger partial charge in [0.15, 0.2) is 0 Å². The first-order valence-electron chi connectivity index (χ1n) is 7.92. The lowest BCUT2D eigenvalue weighted by atomic mass is 10.0. The van der Waals surface area contributed by atoms with E-state index in [9.17, 15) is 4.79 Å².